The molecule has 0 fully saturated rings. The van der Waals surface area contributed by atoms with Crippen LogP contribution in [0.5, 0.6) is 0 Å². The summed E-state index contributed by atoms with van der Waals surface area (Å²) in [6.07, 6.45) is 0. The van der Waals surface area contributed by atoms with Gasteiger partial charge in [0.05, 0.1) is 23.5 Å². The number of nitrogen functional groups attached to an aromatic ring is 1. The summed E-state index contributed by atoms with van der Waals surface area (Å²) >= 11 is 0. The van der Waals surface area contributed by atoms with Crippen molar-refractivity contribution >= 4 is 17.3 Å². The number of rotatable bonds is 4. The van der Waals surface area contributed by atoms with Gasteiger partial charge in [-0.3, -0.25) is 0 Å². The lowest BCUT2D eigenvalue weighted by Crippen LogP contribution is -2.31. The van der Waals surface area contributed by atoms with Gasteiger partial charge in [-0.05, 0) is 31.4 Å². The van der Waals surface area contributed by atoms with Gasteiger partial charge in [0, 0.05) is 6.04 Å². The standard InChI is InChI=1S/C15H24N2O2/c1-6-19-14(18)11-8-7-9-12(13(11)16)17-10(2)15(3,4)5/h7-10,17H,6,16H2,1-5H3. The molecule has 0 aliphatic heterocycles. The second-order valence-electron chi connectivity index (χ2n) is 5.72. The van der Waals surface area contributed by atoms with Gasteiger partial charge in [-0.2, -0.15) is 0 Å². The average Bonchev–Trinajstić information content (AvgIpc) is 2.30. The molecule has 0 aliphatic rings. The summed E-state index contributed by atoms with van der Waals surface area (Å²) in [5.74, 6) is -0.382. The fourth-order valence-corrected chi connectivity index (χ4v) is 1.53. The van der Waals surface area contributed by atoms with Crippen LogP contribution in [0, 0.1) is 5.41 Å². The summed E-state index contributed by atoms with van der Waals surface area (Å²) in [6.45, 7) is 10.7. The molecule has 0 spiro atoms. The second kappa shape index (κ2) is 5.95. The predicted molar refractivity (Wildman–Crippen MR) is 79.4 cm³/mol. The maximum Gasteiger partial charge on any atom is 0.340 e. The van der Waals surface area contributed by atoms with E-state index in [9.17, 15) is 4.79 Å². The number of anilines is 2. The van der Waals surface area contributed by atoms with Gasteiger partial charge in [-0.15, -0.1) is 0 Å². The topological polar surface area (TPSA) is 64.3 Å². The quantitative estimate of drug-likeness (QED) is 0.647. The highest BCUT2D eigenvalue weighted by Gasteiger charge is 2.21. The molecule has 0 radical (unpaired) electrons. The number of para-hydroxylation sites is 1. The molecule has 19 heavy (non-hydrogen) atoms. The van der Waals surface area contributed by atoms with Crippen LogP contribution >= 0.6 is 0 Å². The van der Waals surface area contributed by atoms with E-state index in [0.717, 1.165) is 5.69 Å². The van der Waals surface area contributed by atoms with Gasteiger partial charge in [0.15, 0.2) is 0 Å². The van der Waals surface area contributed by atoms with E-state index in [0.29, 0.717) is 17.9 Å². The Morgan fingerprint density at radius 3 is 2.58 bits per heavy atom. The minimum absolute atomic E-state index is 0.104. The van der Waals surface area contributed by atoms with Gasteiger partial charge in [0.2, 0.25) is 0 Å². The fourth-order valence-electron chi connectivity index (χ4n) is 1.53. The second-order valence-corrected chi connectivity index (χ2v) is 5.72. The van der Waals surface area contributed by atoms with E-state index < -0.39 is 0 Å². The molecule has 1 rings (SSSR count). The smallest absolute Gasteiger partial charge is 0.340 e. The summed E-state index contributed by atoms with van der Waals surface area (Å²) in [6, 6.07) is 5.59. The number of nitrogens with two attached hydrogens (primary N) is 1. The molecule has 1 aromatic carbocycles. The van der Waals surface area contributed by atoms with Gasteiger partial charge in [0.1, 0.15) is 0 Å². The molecule has 0 saturated heterocycles. The molecule has 1 aromatic rings. The Labute approximate surface area is 115 Å². The molecule has 1 unspecified atom stereocenters. The van der Waals surface area contributed by atoms with Crippen LogP contribution in [-0.2, 0) is 4.74 Å². The van der Waals surface area contributed by atoms with Crippen LogP contribution in [0.15, 0.2) is 18.2 Å². The number of ether oxygens (including phenoxy) is 1. The molecule has 3 N–H and O–H groups in total. The zero-order valence-corrected chi connectivity index (χ0v) is 12.4. The van der Waals surface area contributed by atoms with Crippen molar-refractivity contribution in [1.82, 2.24) is 0 Å². The molecular formula is C15H24N2O2. The van der Waals surface area contributed by atoms with Gasteiger partial charge in [-0.25, -0.2) is 4.79 Å². The third-order valence-electron chi connectivity index (χ3n) is 3.27. The van der Waals surface area contributed by atoms with Crippen molar-refractivity contribution in [2.75, 3.05) is 17.7 Å². The normalized spacial score (nSPS) is 12.9. The van der Waals surface area contributed by atoms with Crippen molar-refractivity contribution in [3.63, 3.8) is 0 Å². The summed E-state index contributed by atoms with van der Waals surface area (Å²) < 4.78 is 4.99. The molecule has 0 aromatic heterocycles. The summed E-state index contributed by atoms with van der Waals surface area (Å²) in [5.41, 5.74) is 7.77. The van der Waals surface area contributed by atoms with Crippen LogP contribution in [0.2, 0.25) is 0 Å². The zero-order valence-electron chi connectivity index (χ0n) is 12.4. The first kappa shape index (κ1) is 15.3. The van der Waals surface area contributed by atoms with Crippen molar-refractivity contribution < 1.29 is 9.53 Å². The Bertz CT molecular complexity index is 450. The molecular weight excluding hydrogens is 240 g/mol. The minimum atomic E-state index is -0.382. The molecule has 4 nitrogen and oxygen atoms in total. The third kappa shape index (κ3) is 3.88. The number of carbonyl (C=O) groups excluding carboxylic acids is 1. The molecule has 106 valence electrons. The third-order valence-corrected chi connectivity index (χ3v) is 3.27. The lowest BCUT2D eigenvalue weighted by molar-refractivity contribution is 0.0527. The first-order valence-electron chi connectivity index (χ1n) is 6.59. The van der Waals surface area contributed by atoms with E-state index in [1.165, 1.54) is 0 Å². The maximum absolute atomic E-state index is 11.8. The minimum Gasteiger partial charge on any atom is -0.462 e. The Kier molecular flexibility index (Phi) is 4.81. The van der Waals surface area contributed by atoms with E-state index in [1.54, 1.807) is 19.1 Å². The SMILES string of the molecule is CCOC(=O)c1cccc(NC(C)C(C)(C)C)c1N. The van der Waals surface area contributed by atoms with Crippen molar-refractivity contribution in [2.24, 2.45) is 5.41 Å². The zero-order chi connectivity index (χ0) is 14.6. The van der Waals surface area contributed by atoms with Crippen molar-refractivity contribution in [2.45, 2.75) is 40.7 Å². The molecule has 0 aliphatic carbocycles. The van der Waals surface area contributed by atoms with E-state index in [1.807, 2.05) is 6.07 Å². The molecule has 0 heterocycles. The number of benzene rings is 1. The van der Waals surface area contributed by atoms with E-state index in [4.69, 9.17) is 10.5 Å². The van der Waals surface area contributed by atoms with Crippen LogP contribution in [0.3, 0.4) is 0 Å². The Morgan fingerprint density at radius 1 is 1.42 bits per heavy atom. The lowest BCUT2D eigenvalue weighted by atomic mass is 9.88. The lowest BCUT2D eigenvalue weighted by Gasteiger charge is -2.29. The number of hydrogen-bond donors (Lipinski definition) is 2. The summed E-state index contributed by atoms with van der Waals surface area (Å²) in [5, 5.41) is 3.35. The van der Waals surface area contributed by atoms with Crippen LogP contribution < -0.4 is 11.1 Å². The van der Waals surface area contributed by atoms with Crippen molar-refractivity contribution in [3.05, 3.63) is 23.8 Å². The Morgan fingerprint density at radius 2 is 2.05 bits per heavy atom. The van der Waals surface area contributed by atoms with Gasteiger partial charge in [-0.1, -0.05) is 26.8 Å². The maximum atomic E-state index is 11.8. The van der Waals surface area contributed by atoms with Crippen LogP contribution in [0.4, 0.5) is 11.4 Å². The summed E-state index contributed by atoms with van der Waals surface area (Å²) in [4.78, 5) is 11.8. The first-order chi connectivity index (χ1) is 8.77. The van der Waals surface area contributed by atoms with Crippen molar-refractivity contribution in [1.29, 1.82) is 0 Å². The monoisotopic (exact) mass is 264 g/mol. The Hall–Kier alpha value is -1.71. The molecule has 1 atom stereocenters. The average molecular weight is 264 g/mol. The van der Waals surface area contributed by atoms with E-state index >= 15 is 0 Å². The fraction of sp³-hybridized carbons (Fsp3) is 0.533. The van der Waals surface area contributed by atoms with Crippen LogP contribution in [-0.4, -0.2) is 18.6 Å². The molecule has 0 bridgehead atoms. The highest BCUT2D eigenvalue weighted by molar-refractivity contribution is 5.98. The number of nitrogens with one attached hydrogen (secondary N) is 1. The van der Waals surface area contributed by atoms with Gasteiger partial charge < -0.3 is 15.8 Å². The highest BCUT2D eigenvalue weighted by atomic mass is 16.5. The number of carbonyl (C=O) groups is 1. The van der Waals surface area contributed by atoms with Gasteiger partial charge >= 0.3 is 5.97 Å². The Balaban J connectivity index is 2.98. The first-order valence-corrected chi connectivity index (χ1v) is 6.59. The van der Waals surface area contributed by atoms with Crippen LogP contribution in [0.25, 0.3) is 0 Å². The van der Waals surface area contributed by atoms with Crippen LogP contribution in [0.1, 0.15) is 45.0 Å². The summed E-state index contributed by atoms with van der Waals surface area (Å²) in [7, 11) is 0. The van der Waals surface area contributed by atoms with E-state index in [2.05, 4.69) is 33.0 Å². The molecule has 4 heteroatoms. The molecule has 0 saturated carbocycles. The number of esters is 1. The largest absolute Gasteiger partial charge is 0.462 e. The van der Waals surface area contributed by atoms with Gasteiger partial charge in [0.25, 0.3) is 0 Å². The van der Waals surface area contributed by atoms with Crippen molar-refractivity contribution in [3.8, 4) is 0 Å². The predicted octanol–water partition coefficient (Wildman–Crippen LogP) is 3.29. The van der Waals surface area contributed by atoms with E-state index in [-0.39, 0.29) is 17.4 Å². The highest BCUT2D eigenvalue weighted by Crippen LogP contribution is 2.28. The number of hydrogen-bond acceptors (Lipinski definition) is 4. The molecule has 0 amide bonds.